The van der Waals surface area contributed by atoms with Crippen molar-refractivity contribution in [3.8, 4) is 6.01 Å². The third-order valence-corrected chi connectivity index (χ3v) is 2.43. The summed E-state index contributed by atoms with van der Waals surface area (Å²) in [6.45, 7) is 2.29. The maximum absolute atomic E-state index is 12.8. The van der Waals surface area contributed by atoms with E-state index in [2.05, 4.69) is 9.97 Å². The van der Waals surface area contributed by atoms with Crippen LogP contribution >= 0.6 is 0 Å². The van der Waals surface area contributed by atoms with E-state index in [1.165, 1.54) is 0 Å². The van der Waals surface area contributed by atoms with Gasteiger partial charge in [0, 0.05) is 0 Å². The van der Waals surface area contributed by atoms with Crippen LogP contribution in [0.2, 0.25) is 6.82 Å². The zero-order chi connectivity index (χ0) is 13.0. The lowest BCUT2D eigenvalue weighted by Crippen LogP contribution is -2.10. The van der Waals surface area contributed by atoms with Crippen LogP contribution < -0.4 is 15.9 Å². The number of nitrogen functional groups attached to an aromatic ring is 1. The lowest BCUT2D eigenvalue weighted by molar-refractivity contribution is 0.280. The van der Waals surface area contributed by atoms with Gasteiger partial charge in [-0.25, -0.2) is 9.37 Å². The highest BCUT2D eigenvalue weighted by molar-refractivity contribution is 6.51. The van der Waals surface area contributed by atoms with Gasteiger partial charge in [-0.2, -0.15) is 4.98 Å². The molecule has 0 aliphatic heterocycles. The van der Waals surface area contributed by atoms with Crippen molar-refractivity contribution in [3.63, 3.8) is 0 Å². The lowest BCUT2D eigenvalue weighted by Gasteiger charge is -2.05. The second-order valence-corrected chi connectivity index (χ2v) is 3.70. The number of hydrogen-bond donors (Lipinski definition) is 1. The summed E-state index contributed by atoms with van der Waals surface area (Å²) in [4.78, 5) is 7.38. The molecule has 0 aliphatic carbocycles. The molecular formula is C12H12BFN3O. The van der Waals surface area contributed by atoms with E-state index in [-0.39, 0.29) is 11.8 Å². The molecule has 6 heteroatoms. The minimum atomic E-state index is -0.648. The standard InChI is InChI=1S/C12H12BFN3O/c1-13-9-4-2-8(3-5-9)7-18-12-16-6-10(14)11(15)17-12/h2-6H,7H2,1H3,(H2,15,16,17). The molecule has 0 aliphatic rings. The zero-order valence-corrected chi connectivity index (χ0v) is 9.93. The molecule has 0 spiro atoms. The van der Waals surface area contributed by atoms with Crippen LogP contribution in [0, 0.1) is 5.82 Å². The smallest absolute Gasteiger partial charge is 0.318 e. The third kappa shape index (κ3) is 2.97. The van der Waals surface area contributed by atoms with Crippen molar-refractivity contribution in [1.82, 2.24) is 9.97 Å². The van der Waals surface area contributed by atoms with Gasteiger partial charge in [-0.3, -0.25) is 0 Å². The van der Waals surface area contributed by atoms with Gasteiger partial charge in [-0.1, -0.05) is 36.6 Å². The molecule has 0 unspecified atom stereocenters. The van der Waals surface area contributed by atoms with Crippen molar-refractivity contribution in [2.45, 2.75) is 13.4 Å². The number of nitrogens with zero attached hydrogens (tertiary/aromatic N) is 2. The van der Waals surface area contributed by atoms with Gasteiger partial charge in [-0.05, 0) is 5.56 Å². The van der Waals surface area contributed by atoms with Crippen LogP contribution in [0.1, 0.15) is 5.56 Å². The number of rotatable bonds is 4. The van der Waals surface area contributed by atoms with E-state index in [1.807, 2.05) is 38.4 Å². The monoisotopic (exact) mass is 244 g/mol. The first-order valence-electron chi connectivity index (χ1n) is 5.48. The molecule has 0 atom stereocenters. The van der Waals surface area contributed by atoms with Crippen LogP contribution in [0.3, 0.4) is 0 Å². The molecule has 1 aromatic carbocycles. The number of ether oxygens (including phenoxy) is 1. The van der Waals surface area contributed by atoms with Gasteiger partial charge in [0.1, 0.15) is 13.9 Å². The Hall–Kier alpha value is -2.11. The summed E-state index contributed by atoms with van der Waals surface area (Å²) in [6.07, 6.45) is 0.993. The highest BCUT2D eigenvalue weighted by atomic mass is 19.1. The Morgan fingerprint density at radius 3 is 2.67 bits per heavy atom. The number of halogens is 1. The largest absolute Gasteiger partial charge is 0.459 e. The molecule has 0 saturated carbocycles. The van der Waals surface area contributed by atoms with E-state index < -0.39 is 5.82 Å². The fourth-order valence-electron chi connectivity index (χ4n) is 1.39. The molecule has 18 heavy (non-hydrogen) atoms. The van der Waals surface area contributed by atoms with Crippen molar-refractivity contribution in [2.24, 2.45) is 0 Å². The topological polar surface area (TPSA) is 61.0 Å². The first-order valence-corrected chi connectivity index (χ1v) is 5.48. The Morgan fingerprint density at radius 2 is 2.06 bits per heavy atom. The van der Waals surface area contributed by atoms with E-state index in [0.717, 1.165) is 17.2 Å². The molecule has 1 aromatic heterocycles. The molecule has 0 amide bonds. The highest BCUT2D eigenvalue weighted by Crippen LogP contribution is 2.10. The molecule has 2 aromatic rings. The predicted octanol–water partition coefficient (Wildman–Crippen LogP) is 1.15. The molecule has 91 valence electrons. The van der Waals surface area contributed by atoms with Crippen molar-refractivity contribution < 1.29 is 9.13 Å². The maximum atomic E-state index is 12.8. The van der Waals surface area contributed by atoms with Gasteiger partial charge in [0.25, 0.3) is 0 Å². The third-order valence-electron chi connectivity index (χ3n) is 2.43. The van der Waals surface area contributed by atoms with E-state index in [1.54, 1.807) is 0 Å². The van der Waals surface area contributed by atoms with Crippen molar-refractivity contribution in [2.75, 3.05) is 5.73 Å². The Balaban J connectivity index is 1.99. The van der Waals surface area contributed by atoms with E-state index in [4.69, 9.17) is 10.5 Å². The SMILES string of the molecule is C[B]c1ccc(COc2ncc(F)c(N)n2)cc1. The van der Waals surface area contributed by atoms with E-state index in [9.17, 15) is 4.39 Å². The van der Waals surface area contributed by atoms with Crippen LogP contribution in [-0.2, 0) is 6.61 Å². The number of hydrogen-bond acceptors (Lipinski definition) is 4. The summed E-state index contributed by atoms with van der Waals surface area (Å²) < 4.78 is 18.2. The average Bonchev–Trinajstić information content (AvgIpc) is 2.41. The Labute approximate surface area is 105 Å². The van der Waals surface area contributed by atoms with Crippen molar-refractivity contribution >= 4 is 18.6 Å². The van der Waals surface area contributed by atoms with Gasteiger partial charge < -0.3 is 10.5 Å². The molecule has 1 radical (unpaired) electrons. The fraction of sp³-hybridized carbons (Fsp3) is 0.167. The second-order valence-electron chi connectivity index (χ2n) is 3.70. The van der Waals surface area contributed by atoms with Crippen LogP contribution in [0.15, 0.2) is 30.5 Å². The fourth-order valence-corrected chi connectivity index (χ4v) is 1.39. The molecule has 0 fully saturated rings. The molecule has 0 bridgehead atoms. The quantitative estimate of drug-likeness (QED) is 0.819. The lowest BCUT2D eigenvalue weighted by atomic mass is 9.73. The van der Waals surface area contributed by atoms with Gasteiger partial charge in [0.05, 0.1) is 6.20 Å². The van der Waals surface area contributed by atoms with Gasteiger partial charge in [0.2, 0.25) is 0 Å². The zero-order valence-electron chi connectivity index (χ0n) is 9.93. The molecule has 2 N–H and O–H groups in total. The van der Waals surface area contributed by atoms with Gasteiger partial charge >= 0.3 is 6.01 Å². The molecule has 0 saturated heterocycles. The first-order chi connectivity index (χ1) is 8.69. The van der Waals surface area contributed by atoms with Crippen LogP contribution in [0.25, 0.3) is 0 Å². The normalized spacial score (nSPS) is 10.1. The molecule has 4 nitrogen and oxygen atoms in total. The molecule has 2 rings (SSSR count). The summed E-state index contributed by atoms with van der Waals surface area (Å²) >= 11 is 0. The van der Waals surface area contributed by atoms with Crippen molar-refractivity contribution in [1.29, 1.82) is 0 Å². The number of benzene rings is 1. The van der Waals surface area contributed by atoms with Gasteiger partial charge in [0.15, 0.2) is 11.6 Å². The summed E-state index contributed by atoms with van der Waals surface area (Å²) in [6, 6.07) is 7.93. The summed E-state index contributed by atoms with van der Waals surface area (Å²) in [5.74, 6) is -0.860. The number of aromatic nitrogens is 2. The highest BCUT2D eigenvalue weighted by Gasteiger charge is 2.04. The predicted molar refractivity (Wildman–Crippen MR) is 68.4 cm³/mol. The summed E-state index contributed by atoms with van der Waals surface area (Å²) in [7, 11) is 2.01. The Kier molecular flexibility index (Phi) is 3.77. The van der Waals surface area contributed by atoms with Crippen molar-refractivity contribution in [3.05, 3.63) is 41.8 Å². The van der Waals surface area contributed by atoms with E-state index >= 15 is 0 Å². The van der Waals surface area contributed by atoms with E-state index in [0.29, 0.717) is 6.61 Å². The minimum absolute atomic E-state index is 0.0695. The Bertz CT molecular complexity index is 533. The average molecular weight is 244 g/mol. The van der Waals surface area contributed by atoms with Crippen LogP contribution in [-0.4, -0.2) is 17.2 Å². The van der Waals surface area contributed by atoms with Crippen LogP contribution in [0.4, 0.5) is 10.2 Å². The Morgan fingerprint density at radius 1 is 1.33 bits per heavy atom. The first kappa shape index (κ1) is 12.4. The summed E-state index contributed by atoms with van der Waals surface area (Å²) in [5, 5.41) is 0. The second kappa shape index (κ2) is 5.49. The number of anilines is 1. The summed E-state index contributed by atoms with van der Waals surface area (Å²) in [5.41, 5.74) is 7.44. The number of nitrogens with two attached hydrogens (primary N) is 1. The maximum Gasteiger partial charge on any atom is 0.318 e. The minimum Gasteiger partial charge on any atom is -0.459 e. The van der Waals surface area contributed by atoms with Crippen LogP contribution in [0.5, 0.6) is 6.01 Å². The molecular weight excluding hydrogens is 232 g/mol. The van der Waals surface area contributed by atoms with Gasteiger partial charge in [-0.15, -0.1) is 0 Å². The molecule has 1 heterocycles.